The lowest BCUT2D eigenvalue weighted by atomic mass is 9.94. The smallest absolute Gasteiger partial charge is 0.332 e. The van der Waals surface area contributed by atoms with Crippen LogP contribution >= 0.6 is 23.2 Å². The number of hydrogen-bond acceptors (Lipinski definition) is 3. The van der Waals surface area contributed by atoms with Crippen LogP contribution in [0, 0.1) is 4.91 Å². The molecular formula is C13H21Cl2N3O2. The van der Waals surface area contributed by atoms with E-state index in [0.29, 0.717) is 0 Å². The molecule has 0 aromatic rings. The number of carbonyl (C=O) groups excluding carboxylic acids is 1. The predicted octanol–water partition coefficient (Wildman–Crippen LogP) is 3.78. The van der Waals surface area contributed by atoms with E-state index in [2.05, 4.69) is 10.6 Å². The van der Waals surface area contributed by atoms with Gasteiger partial charge in [-0.25, -0.2) is 4.79 Å². The van der Waals surface area contributed by atoms with Gasteiger partial charge in [-0.05, 0) is 25.7 Å². The first-order chi connectivity index (χ1) is 9.63. The molecule has 0 saturated heterocycles. The molecule has 2 saturated carbocycles. The minimum atomic E-state index is -0.463. The molecule has 5 nitrogen and oxygen atoms in total. The summed E-state index contributed by atoms with van der Waals surface area (Å²) in [5.41, 5.74) is 0. The summed E-state index contributed by atoms with van der Waals surface area (Å²) in [6.45, 7) is 0. The highest BCUT2D eigenvalue weighted by atomic mass is 35.5. The highest BCUT2D eigenvalue weighted by Gasteiger charge is 2.35. The number of nitroso groups, excluding NO2 is 1. The topological polar surface area (TPSA) is 61.8 Å². The van der Waals surface area contributed by atoms with Crippen LogP contribution < -0.4 is 5.32 Å². The lowest BCUT2D eigenvalue weighted by molar-refractivity contribution is 0.153. The van der Waals surface area contributed by atoms with Crippen molar-refractivity contribution in [3.05, 3.63) is 4.91 Å². The number of hydrogen-bond donors (Lipinski definition) is 1. The Labute approximate surface area is 129 Å². The summed E-state index contributed by atoms with van der Waals surface area (Å²) < 4.78 is 0. The first-order valence-corrected chi connectivity index (χ1v) is 8.22. The number of nitrogens with zero attached hydrogens (tertiary/aromatic N) is 2. The van der Waals surface area contributed by atoms with E-state index in [-0.39, 0.29) is 22.8 Å². The fraction of sp³-hybridized carbons (Fsp3) is 0.923. The molecule has 2 fully saturated rings. The molecule has 0 aromatic carbocycles. The minimum absolute atomic E-state index is 0.0700. The molecule has 0 radical (unpaired) electrons. The maximum atomic E-state index is 12.2. The van der Waals surface area contributed by atoms with Gasteiger partial charge in [-0.15, -0.1) is 28.1 Å². The molecule has 2 amide bonds. The van der Waals surface area contributed by atoms with Crippen molar-refractivity contribution in [1.29, 1.82) is 0 Å². The summed E-state index contributed by atoms with van der Waals surface area (Å²) in [4.78, 5) is 23.3. The van der Waals surface area contributed by atoms with Crippen LogP contribution in [0.1, 0.15) is 51.4 Å². The van der Waals surface area contributed by atoms with Crippen molar-refractivity contribution < 1.29 is 4.79 Å². The van der Waals surface area contributed by atoms with Crippen molar-refractivity contribution in [3.8, 4) is 0 Å². The Hall–Kier alpha value is -0.550. The Balaban J connectivity index is 1.95. The Morgan fingerprint density at radius 2 is 1.60 bits per heavy atom. The van der Waals surface area contributed by atoms with Gasteiger partial charge in [0.05, 0.1) is 22.1 Å². The van der Waals surface area contributed by atoms with E-state index in [1.807, 2.05) is 0 Å². The van der Waals surface area contributed by atoms with Crippen LogP contribution in [0.2, 0.25) is 0 Å². The van der Waals surface area contributed by atoms with Gasteiger partial charge >= 0.3 is 6.03 Å². The van der Waals surface area contributed by atoms with Gasteiger partial charge in [-0.2, -0.15) is 5.01 Å². The quantitative estimate of drug-likeness (QED) is 0.488. The Kier molecular flexibility index (Phi) is 5.90. The molecule has 114 valence electrons. The zero-order valence-electron chi connectivity index (χ0n) is 11.4. The molecule has 0 aliphatic heterocycles. The second kappa shape index (κ2) is 7.46. The van der Waals surface area contributed by atoms with Crippen molar-refractivity contribution >= 4 is 29.2 Å². The number of nitrogens with one attached hydrogen (secondary N) is 1. The van der Waals surface area contributed by atoms with Crippen LogP contribution in [0.3, 0.4) is 0 Å². The minimum Gasteiger partial charge on any atom is -0.332 e. The highest BCUT2D eigenvalue weighted by Crippen LogP contribution is 2.28. The number of halogens is 2. The third-order valence-electron chi connectivity index (χ3n) is 4.25. The summed E-state index contributed by atoms with van der Waals surface area (Å²) in [6, 6.07) is -0.852. The van der Waals surface area contributed by atoms with E-state index in [1.165, 1.54) is 0 Å². The first kappa shape index (κ1) is 15.8. The van der Waals surface area contributed by atoms with Gasteiger partial charge in [0.25, 0.3) is 0 Å². The van der Waals surface area contributed by atoms with Crippen molar-refractivity contribution in [2.45, 2.75) is 74.2 Å². The number of urea groups is 1. The maximum absolute atomic E-state index is 12.2. The predicted molar refractivity (Wildman–Crippen MR) is 80.0 cm³/mol. The zero-order valence-corrected chi connectivity index (χ0v) is 12.9. The molecule has 1 N–H and O–H groups in total. The van der Waals surface area contributed by atoms with E-state index >= 15 is 0 Å². The second-order valence-electron chi connectivity index (χ2n) is 5.65. The molecule has 20 heavy (non-hydrogen) atoms. The van der Waals surface area contributed by atoms with Crippen LogP contribution in [0.4, 0.5) is 4.79 Å². The van der Waals surface area contributed by atoms with E-state index in [1.54, 1.807) is 0 Å². The van der Waals surface area contributed by atoms with Crippen molar-refractivity contribution in [2.75, 3.05) is 0 Å². The second-order valence-corrected chi connectivity index (χ2v) is 6.77. The van der Waals surface area contributed by atoms with Crippen molar-refractivity contribution in [1.82, 2.24) is 10.3 Å². The third-order valence-corrected chi connectivity index (χ3v) is 5.28. The molecule has 0 aromatic heterocycles. The summed E-state index contributed by atoms with van der Waals surface area (Å²) in [5.74, 6) is 0. The normalized spacial score (nSPS) is 34.3. The molecule has 4 atom stereocenters. The molecule has 4 unspecified atom stereocenters. The van der Waals surface area contributed by atoms with Crippen LogP contribution in [0.5, 0.6) is 0 Å². The van der Waals surface area contributed by atoms with Gasteiger partial charge in [0.15, 0.2) is 0 Å². The van der Waals surface area contributed by atoms with Gasteiger partial charge in [-0.1, -0.05) is 25.7 Å². The molecule has 0 bridgehead atoms. The molecule has 7 heteroatoms. The van der Waals surface area contributed by atoms with Crippen LogP contribution in [0.15, 0.2) is 5.29 Å². The van der Waals surface area contributed by atoms with Gasteiger partial charge in [0.2, 0.25) is 0 Å². The fourth-order valence-corrected chi connectivity index (χ4v) is 3.79. The molecule has 2 aliphatic rings. The Bertz CT molecular complexity index is 357. The average Bonchev–Trinajstić information content (AvgIpc) is 2.44. The highest BCUT2D eigenvalue weighted by molar-refractivity contribution is 6.21. The fourth-order valence-electron chi connectivity index (χ4n) is 3.06. The van der Waals surface area contributed by atoms with E-state index in [9.17, 15) is 9.70 Å². The van der Waals surface area contributed by atoms with Crippen molar-refractivity contribution in [2.24, 2.45) is 5.29 Å². The third kappa shape index (κ3) is 3.76. The van der Waals surface area contributed by atoms with Gasteiger partial charge < -0.3 is 5.32 Å². The van der Waals surface area contributed by atoms with Crippen LogP contribution in [-0.2, 0) is 0 Å². The molecule has 2 aliphatic carbocycles. The first-order valence-electron chi connectivity index (χ1n) is 7.34. The molecular weight excluding hydrogens is 301 g/mol. The van der Waals surface area contributed by atoms with Crippen LogP contribution in [-0.4, -0.2) is 33.9 Å². The van der Waals surface area contributed by atoms with Gasteiger partial charge in [0.1, 0.15) is 0 Å². The zero-order chi connectivity index (χ0) is 14.5. The summed E-state index contributed by atoms with van der Waals surface area (Å²) in [6.07, 6.45) is 7.41. The van der Waals surface area contributed by atoms with Crippen LogP contribution in [0.25, 0.3) is 0 Å². The summed E-state index contributed by atoms with van der Waals surface area (Å²) >= 11 is 12.4. The average molecular weight is 322 g/mol. The van der Waals surface area contributed by atoms with Gasteiger partial charge in [0, 0.05) is 6.04 Å². The lowest BCUT2D eigenvalue weighted by Crippen LogP contribution is -2.52. The largest absolute Gasteiger partial charge is 0.340 e. The van der Waals surface area contributed by atoms with Gasteiger partial charge in [-0.3, -0.25) is 0 Å². The number of rotatable bonds is 3. The number of carbonyl (C=O) groups is 1. The number of amides is 2. The van der Waals surface area contributed by atoms with E-state index < -0.39 is 6.03 Å². The summed E-state index contributed by atoms with van der Waals surface area (Å²) in [7, 11) is 0. The summed E-state index contributed by atoms with van der Waals surface area (Å²) in [5, 5.41) is 6.44. The number of alkyl halides is 2. The monoisotopic (exact) mass is 321 g/mol. The molecule has 2 rings (SSSR count). The molecule has 0 spiro atoms. The maximum Gasteiger partial charge on any atom is 0.340 e. The Morgan fingerprint density at radius 3 is 2.20 bits per heavy atom. The standard InChI is InChI=1S/C13H21Cl2N3O2/c14-9-5-1-3-7-11(9)16-13(19)18(17-20)12-8-4-2-6-10(12)15/h9-12H,1-8H2,(H,16,19). The van der Waals surface area contributed by atoms with Crippen molar-refractivity contribution in [3.63, 3.8) is 0 Å². The SMILES string of the molecule is O=NN(C(=O)NC1CCCCC1Cl)C1CCCCC1Cl. The Morgan fingerprint density at radius 1 is 1.00 bits per heavy atom. The van der Waals surface area contributed by atoms with E-state index in [4.69, 9.17) is 23.2 Å². The lowest BCUT2D eigenvalue weighted by Gasteiger charge is -2.34. The van der Waals surface area contributed by atoms with E-state index in [0.717, 1.165) is 56.4 Å². The molecule has 0 heterocycles.